The zero-order chi connectivity index (χ0) is 18.0. The average Bonchev–Trinajstić information content (AvgIpc) is 3.29. The van der Waals surface area contributed by atoms with E-state index in [1.165, 1.54) is 0 Å². The van der Waals surface area contributed by atoms with Crippen molar-refractivity contribution in [2.75, 3.05) is 20.8 Å². The number of carbonyl (C=O) groups is 1. The third-order valence-electron chi connectivity index (χ3n) is 4.60. The molecule has 6 nitrogen and oxygen atoms in total. The van der Waals surface area contributed by atoms with E-state index in [4.69, 9.17) is 14.0 Å². The molecule has 6 heteroatoms. The predicted octanol–water partition coefficient (Wildman–Crippen LogP) is 3.79. The van der Waals surface area contributed by atoms with Gasteiger partial charge in [-0.1, -0.05) is 19.0 Å². The van der Waals surface area contributed by atoms with Gasteiger partial charge in [-0.05, 0) is 31.0 Å². The molecule has 134 valence electrons. The summed E-state index contributed by atoms with van der Waals surface area (Å²) in [6, 6.07) is 7.16. The molecule has 0 unspecified atom stereocenters. The number of nitrogens with zero attached hydrogens (tertiary/aromatic N) is 2. The van der Waals surface area contributed by atoms with Gasteiger partial charge >= 0.3 is 0 Å². The fourth-order valence-corrected chi connectivity index (χ4v) is 3.19. The molecule has 1 amide bonds. The van der Waals surface area contributed by atoms with Crippen LogP contribution in [0, 0.1) is 0 Å². The summed E-state index contributed by atoms with van der Waals surface area (Å²) in [5.41, 5.74) is 1.41. The second-order valence-corrected chi connectivity index (χ2v) is 6.54. The topological polar surface area (TPSA) is 64.8 Å². The van der Waals surface area contributed by atoms with Gasteiger partial charge in [0.1, 0.15) is 11.5 Å². The van der Waals surface area contributed by atoms with E-state index in [2.05, 4.69) is 19.0 Å². The maximum atomic E-state index is 13.0. The molecule has 0 N–H and O–H groups in total. The van der Waals surface area contributed by atoms with E-state index in [-0.39, 0.29) is 17.9 Å². The van der Waals surface area contributed by atoms with Crippen LogP contribution in [0.4, 0.5) is 0 Å². The first-order valence-corrected chi connectivity index (χ1v) is 8.54. The minimum atomic E-state index is -0.0446. The van der Waals surface area contributed by atoms with Crippen LogP contribution in [-0.2, 0) is 0 Å². The Bertz CT molecular complexity index is 754. The van der Waals surface area contributed by atoms with Crippen molar-refractivity contribution >= 4 is 5.91 Å². The molecule has 0 radical (unpaired) electrons. The Labute approximate surface area is 147 Å². The van der Waals surface area contributed by atoms with E-state index in [0.717, 1.165) is 24.3 Å². The van der Waals surface area contributed by atoms with Crippen molar-refractivity contribution in [2.45, 2.75) is 38.6 Å². The summed E-state index contributed by atoms with van der Waals surface area (Å²) in [7, 11) is 3.14. The molecule has 0 spiro atoms. The minimum absolute atomic E-state index is 0.0300. The number of rotatable bonds is 5. The van der Waals surface area contributed by atoms with Gasteiger partial charge in [-0.3, -0.25) is 4.79 Å². The Kier molecular flexibility index (Phi) is 4.97. The molecule has 0 aliphatic carbocycles. The van der Waals surface area contributed by atoms with Crippen molar-refractivity contribution < 1.29 is 18.8 Å². The van der Waals surface area contributed by atoms with Gasteiger partial charge in [0.25, 0.3) is 5.91 Å². The van der Waals surface area contributed by atoms with Crippen LogP contribution in [-0.4, -0.2) is 36.7 Å². The highest BCUT2D eigenvalue weighted by Crippen LogP contribution is 2.35. The lowest BCUT2D eigenvalue weighted by Crippen LogP contribution is -2.30. The van der Waals surface area contributed by atoms with Gasteiger partial charge in [-0.25, -0.2) is 0 Å². The molecule has 1 aromatic carbocycles. The number of benzene rings is 1. The summed E-state index contributed by atoms with van der Waals surface area (Å²) in [5.74, 6) is 2.25. The maximum absolute atomic E-state index is 13.0. The van der Waals surface area contributed by atoms with E-state index in [0.29, 0.717) is 23.6 Å². The number of aromatic nitrogens is 1. The van der Waals surface area contributed by atoms with Crippen LogP contribution in [0.3, 0.4) is 0 Å². The van der Waals surface area contributed by atoms with E-state index >= 15 is 0 Å². The van der Waals surface area contributed by atoms with Crippen molar-refractivity contribution in [3.8, 4) is 11.5 Å². The molecule has 2 aromatic rings. The van der Waals surface area contributed by atoms with Crippen LogP contribution >= 0.6 is 0 Å². The van der Waals surface area contributed by atoms with Crippen molar-refractivity contribution in [1.29, 1.82) is 0 Å². The first-order valence-electron chi connectivity index (χ1n) is 8.54. The van der Waals surface area contributed by atoms with Crippen LogP contribution in [0.1, 0.15) is 60.5 Å². The molecular weight excluding hydrogens is 320 g/mol. The molecule has 0 saturated carbocycles. The first kappa shape index (κ1) is 17.3. The second-order valence-electron chi connectivity index (χ2n) is 6.54. The third-order valence-corrected chi connectivity index (χ3v) is 4.60. The zero-order valence-corrected chi connectivity index (χ0v) is 15.1. The molecule has 3 rings (SSSR count). The standard InChI is InChI=1S/C19H24N2O4/c1-12(2)17-11-14(20-25-17)15-6-5-9-21(15)19(22)13-7-8-16(23-3)18(10-13)24-4/h7-8,10-12,15H,5-6,9H2,1-4H3/t15-/m0/s1. The normalized spacial score (nSPS) is 17.2. The fraction of sp³-hybridized carbons (Fsp3) is 0.474. The molecule has 1 aromatic heterocycles. The summed E-state index contributed by atoms with van der Waals surface area (Å²) in [6.07, 6.45) is 1.84. The number of carbonyl (C=O) groups excluding carboxylic acids is 1. The van der Waals surface area contributed by atoms with Crippen LogP contribution in [0.2, 0.25) is 0 Å². The summed E-state index contributed by atoms with van der Waals surface area (Å²) in [5, 5.41) is 4.19. The maximum Gasteiger partial charge on any atom is 0.254 e. The number of amides is 1. The highest BCUT2D eigenvalue weighted by atomic mass is 16.5. The van der Waals surface area contributed by atoms with Crippen LogP contribution < -0.4 is 9.47 Å². The Morgan fingerprint density at radius 2 is 2.00 bits per heavy atom. The lowest BCUT2D eigenvalue weighted by molar-refractivity contribution is 0.0730. The predicted molar refractivity (Wildman–Crippen MR) is 93.1 cm³/mol. The summed E-state index contributed by atoms with van der Waals surface area (Å²) in [6.45, 7) is 4.83. The molecule has 1 fully saturated rings. The van der Waals surface area contributed by atoms with E-state index in [9.17, 15) is 4.79 Å². The highest BCUT2D eigenvalue weighted by Gasteiger charge is 2.33. The lowest BCUT2D eigenvalue weighted by atomic mass is 10.1. The first-order chi connectivity index (χ1) is 12.0. The Balaban J connectivity index is 1.85. The van der Waals surface area contributed by atoms with E-state index in [1.54, 1.807) is 32.4 Å². The molecule has 1 aliphatic heterocycles. The molecule has 25 heavy (non-hydrogen) atoms. The number of hydrogen-bond donors (Lipinski definition) is 0. The van der Waals surface area contributed by atoms with Gasteiger partial charge in [0, 0.05) is 24.1 Å². The molecule has 0 bridgehead atoms. The highest BCUT2D eigenvalue weighted by molar-refractivity contribution is 5.95. The van der Waals surface area contributed by atoms with Gasteiger partial charge < -0.3 is 18.9 Å². The van der Waals surface area contributed by atoms with Gasteiger partial charge in [0.2, 0.25) is 0 Å². The van der Waals surface area contributed by atoms with Gasteiger partial charge in [-0.15, -0.1) is 0 Å². The van der Waals surface area contributed by atoms with Crippen molar-refractivity contribution in [3.63, 3.8) is 0 Å². The molecular formula is C19H24N2O4. The minimum Gasteiger partial charge on any atom is -0.493 e. The summed E-state index contributed by atoms with van der Waals surface area (Å²) >= 11 is 0. The van der Waals surface area contributed by atoms with E-state index < -0.39 is 0 Å². The van der Waals surface area contributed by atoms with Gasteiger partial charge in [0.15, 0.2) is 11.5 Å². The monoisotopic (exact) mass is 344 g/mol. The SMILES string of the molecule is COc1ccc(C(=O)N2CCC[C@H]2c2cc(C(C)C)on2)cc1OC. The average molecular weight is 344 g/mol. The Morgan fingerprint density at radius 3 is 2.64 bits per heavy atom. The van der Waals surface area contributed by atoms with Crippen LogP contribution in [0.25, 0.3) is 0 Å². The second kappa shape index (κ2) is 7.17. The quantitative estimate of drug-likeness (QED) is 0.825. The molecule has 2 heterocycles. The van der Waals surface area contributed by atoms with Crippen molar-refractivity contribution in [1.82, 2.24) is 10.1 Å². The Morgan fingerprint density at radius 1 is 1.24 bits per heavy atom. The number of hydrogen-bond acceptors (Lipinski definition) is 5. The molecule has 1 atom stereocenters. The van der Waals surface area contributed by atoms with E-state index in [1.807, 2.05) is 11.0 Å². The largest absolute Gasteiger partial charge is 0.493 e. The third kappa shape index (κ3) is 3.34. The number of likely N-dealkylation sites (tertiary alicyclic amines) is 1. The number of ether oxygens (including phenoxy) is 2. The van der Waals surface area contributed by atoms with Gasteiger partial charge in [0.05, 0.1) is 20.3 Å². The summed E-state index contributed by atoms with van der Waals surface area (Å²) < 4.78 is 16.0. The van der Waals surface area contributed by atoms with Crippen LogP contribution in [0.5, 0.6) is 11.5 Å². The number of methoxy groups -OCH3 is 2. The zero-order valence-electron chi connectivity index (χ0n) is 15.1. The van der Waals surface area contributed by atoms with Crippen LogP contribution in [0.15, 0.2) is 28.8 Å². The summed E-state index contributed by atoms with van der Waals surface area (Å²) in [4.78, 5) is 14.9. The van der Waals surface area contributed by atoms with Crippen molar-refractivity contribution in [2.24, 2.45) is 0 Å². The lowest BCUT2D eigenvalue weighted by Gasteiger charge is -2.23. The molecule has 1 aliphatic rings. The fourth-order valence-electron chi connectivity index (χ4n) is 3.19. The van der Waals surface area contributed by atoms with Crippen molar-refractivity contribution in [3.05, 3.63) is 41.3 Å². The van der Waals surface area contributed by atoms with Gasteiger partial charge in [-0.2, -0.15) is 0 Å². The Hall–Kier alpha value is -2.50. The molecule has 1 saturated heterocycles. The smallest absolute Gasteiger partial charge is 0.254 e.